The Kier molecular flexibility index (Phi) is 5.88. The second-order valence-corrected chi connectivity index (χ2v) is 17.0. The van der Waals surface area contributed by atoms with Crippen molar-refractivity contribution in [3.05, 3.63) is 169 Å². The van der Waals surface area contributed by atoms with E-state index in [0.29, 0.717) is 0 Å². The molecule has 0 amide bonds. The summed E-state index contributed by atoms with van der Waals surface area (Å²) >= 11 is 1.85. The van der Waals surface area contributed by atoms with Gasteiger partial charge in [0.05, 0.1) is 0 Å². The zero-order valence-corrected chi connectivity index (χ0v) is 31.6. The smallest absolute Gasteiger partial charge is 0.143 e. The molecule has 56 heavy (non-hydrogen) atoms. The molecule has 262 valence electrons. The SMILES string of the molecule is CC1(C)c2ccccc2-c2c1ccc1oc3c(-c4c5ccccc5c(-c5ccc6c(c5)oc5ccc7sc8ccccc8c7c56)c5ccccc45)cccc3c21. The number of rotatable bonds is 2. The molecule has 2 nitrogen and oxygen atoms in total. The van der Waals surface area contributed by atoms with Gasteiger partial charge in [0.15, 0.2) is 0 Å². The third kappa shape index (κ3) is 3.85. The highest BCUT2D eigenvalue weighted by molar-refractivity contribution is 7.26. The van der Waals surface area contributed by atoms with Gasteiger partial charge in [0.25, 0.3) is 0 Å². The van der Waals surface area contributed by atoms with Crippen LogP contribution in [0.25, 0.3) is 119 Å². The molecule has 13 rings (SSSR count). The van der Waals surface area contributed by atoms with E-state index in [0.717, 1.165) is 44.2 Å². The molecule has 12 aromatic rings. The number of furan rings is 2. The Bertz CT molecular complexity index is 3630. The van der Waals surface area contributed by atoms with Gasteiger partial charge in [-0.3, -0.25) is 0 Å². The minimum atomic E-state index is -0.0839. The van der Waals surface area contributed by atoms with Gasteiger partial charge in [-0.2, -0.15) is 0 Å². The summed E-state index contributed by atoms with van der Waals surface area (Å²) in [5.41, 5.74) is 13.6. The van der Waals surface area contributed by atoms with Crippen molar-refractivity contribution in [2.75, 3.05) is 0 Å². The van der Waals surface area contributed by atoms with Gasteiger partial charge in [-0.05, 0) is 91.3 Å². The molecule has 0 saturated carbocycles. The van der Waals surface area contributed by atoms with E-state index < -0.39 is 0 Å². The molecule has 0 atom stereocenters. The number of benzene rings is 9. The molecule has 0 N–H and O–H groups in total. The highest BCUT2D eigenvalue weighted by Gasteiger charge is 2.37. The number of hydrogen-bond acceptors (Lipinski definition) is 3. The fraction of sp³-hybridized carbons (Fsp3) is 0.0566. The predicted octanol–water partition coefficient (Wildman–Crippen LogP) is 15.8. The molecule has 0 bridgehead atoms. The first-order valence-corrected chi connectivity index (χ1v) is 20.2. The molecule has 3 heterocycles. The van der Waals surface area contributed by atoms with Crippen molar-refractivity contribution in [2.24, 2.45) is 0 Å². The van der Waals surface area contributed by atoms with Crippen LogP contribution in [0.2, 0.25) is 0 Å². The summed E-state index contributed by atoms with van der Waals surface area (Å²) in [5, 5.41) is 12.1. The van der Waals surface area contributed by atoms with Crippen molar-refractivity contribution in [1.82, 2.24) is 0 Å². The second-order valence-electron chi connectivity index (χ2n) is 15.9. The quantitative estimate of drug-likeness (QED) is 0.165. The molecule has 1 aliphatic carbocycles. The highest BCUT2D eigenvalue weighted by Crippen LogP contribution is 2.54. The third-order valence-corrected chi connectivity index (χ3v) is 13.8. The molecule has 3 aromatic heterocycles. The summed E-state index contributed by atoms with van der Waals surface area (Å²) in [6, 6.07) is 57.6. The maximum Gasteiger partial charge on any atom is 0.143 e. The molecule has 0 spiro atoms. The van der Waals surface area contributed by atoms with Gasteiger partial charge in [0.1, 0.15) is 22.3 Å². The van der Waals surface area contributed by atoms with Crippen LogP contribution in [-0.4, -0.2) is 0 Å². The second kappa shape index (κ2) is 10.8. The van der Waals surface area contributed by atoms with Crippen LogP contribution in [0.5, 0.6) is 0 Å². The standard InChI is InChI=1S/C53H32O2S/c1-53(2)39-20-9-7-16-34(39)48-40(53)24-25-42-50(48)38-19-11-18-37(52(38)55-42)47-32-14-5-3-12-30(32)46(31-13-4-6-15-33(31)47)29-22-23-35-43(28-29)54-41-26-27-45-51(49(35)41)36-17-8-10-21-44(36)56-45/h3-28H,1-2H3. The first-order valence-electron chi connectivity index (χ1n) is 19.3. The fourth-order valence-corrected chi connectivity index (χ4v) is 11.4. The Morgan fingerprint density at radius 3 is 1.84 bits per heavy atom. The van der Waals surface area contributed by atoms with E-state index in [9.17, 15) is 0 Å². The molecule has 0 radical (unpaired) electrons. The summed E-state index contributed by atoms with van der Waals surface area (Å²) < 4.78 is 16.3. The summed E-state index contributed by atoms with van der Waals surface area (Å²) in [7, 11) is 0. The molecule has 0 aliphatic heterocycles. The molecular formula is C53H32O2S. The average molecular weight is 733 g/mol. The molecule has 0 unspecified atom stereocenters. The minimum absolute atomic E-state index is 0.0839. The van der Waals surface area contributed by atoms with Crippen molar-refractivity contribution in [3.63, 3.8) is 0 Å². The molecule has 1 aliphatic rings. The van der Waals surface area contributed by atoms with Crippen molar-refractivity contribution >= 4 is 96.9 Å². The Morgan fingerprint density at radius 2 is 1.04 bits per heavy atom. The van der Waals surface area contributed by atoms with Gasteiger partial charge in [-0.15, -0.1) is 11.3 Å². The van der Waals surface area contributed by atoms with Gasteiger partial charge in [0.2, 0.25) is 0 Å². The normalized spacial score (nSPS) is 13.7. The van der Waals surface area contributed by atoms with Crippen molar-refractivity contribution in [1.29, 1.82) is 0 Å². The van der Waals surface area contributed by atoms with E-state index in [1.807, 2.05) is 11.3 Å². The van der Waals surface area contributed by atoms with Crippen LogP contribution in [0.1, 0.15) is 25.0 Å². The largest absolute Gasteiger partial charge is 0.456 e. The third-order valence-electron chi connectivity index (χ3n) is 12.7. The van der Waals surface area contributed by atoms with Crippen LogP contribution in [0, 0.1) is 0 Å². The fourth-order valence-electron chi connectivity index (χ4n) is 10.2. The monoisotopic (exact) mass is 732 g/mol. The highest BCUT2D eigenvalue weighted by atomic mass is 32.1. The summed E-state index contributed by atoms with van der Waals surface area (Å²) in [4.78, 5) is 0. The van der Waals surface area contributed by atoms with Gasteiger partial charge in [-0.25, -0.2) is 0 Å². The maximum atomic E-state index is 6.98. The number of fused-ring (bicyclic) bond motifs is 16. The van der Waals surface area contributed by atoms with Gasteiger partial charge in [0, 0.05) is 58.3 Å². The van der Waals surface area contributed by atoms with E-state index in [2.05, 4.69) is 172 Å². The van der Waals surface area contributed by atoms with Crippen molar-refractivity contribution < 1.29 is 8.83 Å². The molecular weight excluding hydrogens is 701 g/mol. The van der Waals surface area contributed by atoms with Crippen LogP contribution in [0.4, 0.5) is 0 Å². The van der Waals surface area contributed by atoms with Crippen LogP contribution >= 0.6 is 11.3 Å². The lowest BCUT2D eigenvalue weighted by molar-refractivity contribution is 0.657. The number of para-hydroxylation sites is 1. The van der Waals surface area contributed by atoms with Crippen molar-refractivity contribution in [3.8, 4) is 33.4 Å². The maximum absolute atomic E-state index is 6.98. The Hall–Kier alpha value is -6.68. The van der Waals surface area contributed by atoms with Gasteiger partial charge < -0.3 is 8.83 Å². The zero-order valence-electron chi connectivity index (χ0n) is 30.7. The average Bonchev–Trinajstić information content (AvgIpc) is 3.97. The first kappa shape index (κ1) is 30.6. The van der Waals surface area contributed by atoms with E-state index in [1.54, 1.807) is 0 Å². The first-order chi connectivity index (χ1) is 27.5. The van der Waals surface area contributed by atoms with E-state index in [4.69, 9.17) is 8.83 Å². The number of thiophene rings is 1. The molecule has 3 heteroatoms. The van der Waals surface area contributed by atoms with E-state index in [-0.39, 0.29) is 5.41 Å². The van der Waals surface area contributed by atoms with Crippen molar-refractivity contribution in [2.45, 2.75) is 19.3 Å². The topological polar surface area (TPSA) is 26.3 Å². The summed E-state index contributed by atoms with van der Waals surface area (Å²) in [5.74, 6) is 0. The van der Waals surface area contributed by atoms with Crippen LogP contribution in [0.3, 0.4) is 0 Å². The Morgan fingerprint density at radius 1 is 0.393 bits per heavy atom. The predicted molar refractivity (Wildman–Crippen MR) is 237 cm³/mol. The lowest BCUT2D eigenvalue weighted by Gasteiger charge is -2.21. The van der Waals surface area contributed by atoms with Crippen LogP contribution < -0.4 is 0 Å². The molecule has 0 fully saturated rings. The number of hydrogen-bond donors (Lipinski definition) is 0. The summed E-state index contributed by atoms with van der Waals surface area (Å²) in [6.07, 6.45) is 0. The summed E-state index contributed by atoms with van der Waals surface area (Å²) in [6.45, 7) is 4.68. The zero-order chi connectivity index (χ0) is 36.9. The minimum Gasteiger partial charge on any atom is -0.456 e. The van der Waals surface area contributed by atoms with Gasteiger partial charge in [-0.1, -0.05) is 135 Å². The van der Waals surface area contributed by atoms with E-state index >= 15 is 0 Å². The molecule has 9 aromatic carbocycles. The lowest BCUT2D eigenvalue weighted by Crippen LogP contribution is -2.14. The van der Waals surface area contributed by atoms with Crippen LogP contribution in [0.15, 0.2) is 167 Å². The van der Waals surface area contributed by atoms with Gasteiger partial charge >= 0.3 is 0 Å². The Balaban J connectivity index is 1.08. The van der Waals surface area contributed by atoms with E-state index in [1.165, 1.54) is 85.9 Å². The molecule has 0 saturated heterocycles. The lowest BCUT2D eigenvalue weighted by atomic mass is 9.82. The van der Waals surface area contributed by atoms with Crippen LogP contribution in [-0.2, 0) is 5.41 Å². The Labute approximate surface area is 325 Å².